The Morgan fingerprint density at radius 2 is 1.86 bits per heavy atom. The zero-order valence-corrected chi connectivity index (χ0v) is 3.92. The van der Waals surface area contributed by atoms with Crippen LogP contribution in [0.4, 0.5) is 0 Å². The summed E-state index contributed by atoms with van der Waals surface area (Å²) in [7, 11) is 0. The van der Waals surface area contributed by atoms with Crippen LogP contribution in [0.1, 0.15) is 0 Å². The number of amides is 1. The fourth-order valence-corrected chi connectivity index (χ4v) is 0. The molecule has 38 valence electrons. The highest BCUT2D eigenvalue weighted by Crippen LogP contribution is 1.48. The minimum Gasteiger partial charge on any atom is -0.366 e. The van der Waals surface area contributed by atoms with Crippen LogP contribution in [0, 0.1) is 12.8 Å². The van der Waals surface area contributed by atoms with Gasteiger partial charge in [0, 0.05) is 0 Å². The fraction of sp³-hybridized carbons (Fsp3) is 0. The Kier molecular flexibility index (Phi) is 11.7. The van der Waals surface area contributed by atoms with Crippen LogP contribution in [0.25, 0.3) is 0 Å². The number of primary amides is 1. The van der Waals surface area contributed by atoms with Crippen LogP contribution in [0.2, 0.25) is 0 Å². The van der Waals surface area contributed by atoms with Gasteiger partial charge in [0.2, 0.25) is 5.91 Å². The van der Waals surface area contributed by atoms with Crippen molar-refractivity contribution in [2.45, 2.75) is 0 Å². The molecule has 0 rings (SSSR count). The predicted octanol–water partition coefficient (Wildman–Crippen LogP) is -0.0929. The van der Waals surface area contributed by atoms with Crippen molar-refractivity contribution in [3.8, 4) is 12.8 Å². The summed E-state index contributed by atoms with van der Waals surface area (Å²) in [6.45, 7) is 3.09. The van der Waals surface area contributed by atoms with Crippen LogP contribution in [-0.4, -0.2) is 5.91 Å². The molecular formula is C5H7NO. The third-order valence-corrected chi connectivity index (χ3v) is 0.201. The van der Waals surface area contributed by atoms with Gasteiger partial charge in [0.1, 0.15) is 0 Å². The van der Waals surface area contributed by atoms with Gasteiger partial charge in [0.25, 0.3) is 0 Å². The molecular weight excluding hydrogens is 90.1 g/mol. The smallest absolute Gasteiger partial charge is 0.240 e. The van der Waals surface area contributed by atoms with E-state index >= 15 is 0 Å². The van der Waals surface area contributed by atoms with Gasteiger partial charge in [-0.3, -0.25) is 4.79 Å². The van der Waals surface area contributed by atoms with E-state index in [1.165, 1.54) is 0 Å². The second kappa shape index (κ2) is 8.84. The summed E-state index contributed by atoms with van der Waals surface area (Å²) in [6, 6.07) is 0. The Hall–Kier alpha value is -1.23. The zero-order valence-electron chi connectivity index (χ0n) is 3.92. The molecule has 0 aromatic rings. The van der Waals surface area contributed by atoms with Crippen LogP contribution in [-0.2, 0) is 4.79 Å². The summed E-state index contributed by atoms with van der Waals surface area (Å²) >= 11 is 0. The van der Waals surface area contributed by atoms with Crippen molar-refractivity contribution < 1.29 is 4.79 Å². The Morgan fingerprint density at radius 1 is 1.71 bits per heavy atom. The first-order valence-electron chi connectivity index (χ1n) is 1.52. The number of rotatable bonds is 1. The maximum Gasteiger partial charge on any atom is 0.240 e. The molecule has 0 atom stereocenters. The Labute approximate surface area is 43.0 Å². The molecule has 0 aromatic heterocycles. The first-order valence-corrected chi connectivity index (χ1v) is 1.52. The SMILES string of the molecule is C#C.C=CC(N)=O. The lowest BCUT2D eigenvalue weighted by atomic mass is 10.6. The van der Waals surface area contributed by atoms with E-state index in [-0.39, 0.29) is 0 Å². The second-order valence-electron chi connectivity index (χ2n) is 0.606. The lowest BCUT2D eigenvalue weighted by Gasteiger charge is -1.65. The molecule has 2 heteroatoms. The Balaban J connectivity index is 0. The van der Waals surface area contributed by atoms with Gasteiger partial charge in [-0.15, -0.1) is 12.8 Å². The van der Waals surface area contributed by atoms with Gasteiger partial charge in [-0.1, -0.05) is 6.58 Å². The number of nitrogens with two attached hydrogens (primary N) is 1. The molecule has 0 aliphatic carbocycles. The average Bonchev–Trinajstić information content (AvgIpc) is 1.73. The number of hydrogen-bond donors (Lipinski definition) is 1. The zero-order chi connectivity index (χ0) is 6.28. The molecule has 0 spiro atoms. The molecule has 1 amide bonds. The average molecular weight is 97.1 g/mol. The van der Waals surface area contributed by atoms with Crippen molar-refractivity contribution >= 4 is 5.91 Å². The lowest BCUT2D eigenvalue weighted by Crippen LogP contribution is -2.04. The van der Waals surface area contributed by atoms with Crippen LogP contribution in [0.3, 0.4) is 0 Å². The standard InChI is InChI=1S/C3H5NO.C2H2/c1-2-3(4)5;1-2/h2H,1H2,(H2,4,5);1-2H. The van der Waals surface area contributed by atoms with Crippen molar-refractivity contribution in [1.29, 1.82) is 0 Å². The summed E-state index contributed by atoms with van der Waals surface area (Å²) in [5, 5.41) is 0. The summed E-state index contributed by atoms with van der Waals surface area (Å²) in [5.74, 6) is -0.481. The van der Waals surface area contributed by atoms with Gasteiger partial charge in [-0.25, -0.2) is 0 Å². The molecule has 0 unspecified atom stereocenters. The lowest BCUT2D eigenvalue weighted by molar-refractivity contribution is -0.113. The van der Waals surface area contributed by atoms with E-state index in [0.29, 0.717) is 0 Å². The third-order valence-electron chi connectivity index (χ3n) is 0.201. The van der Waals surface area contributed by atoms with Crippen LogP contribution in [0.15, 0.2) is 12.7 Å². The highest BCUT2D eigenvalue weighted by atomic mass is 16.1. The number of carbonyl (C=O) groups is 1. The molecule has 0 aliphatic rings. The van der Waals surface area contributed by atoms with E-state index in [4.69, 9.17) is 0 Å². The Morgan fingerprint density at radius 3 is 1.86 bits per heavy atom. The van der Waals surface area contributed by atoms with E-state index < -0.39 is 5.91 Å². The van der Waals surface area contributed by atoms with E-state index in [1.54, 1.807) is 0 Å². The van der Waals surface area contributed by atoms with Crippen molar-refractivity contribution in [2.75, 3.05) is 0 Å². The van der Waals surface area contributed by atoms with Crippen LogP contribution in [0.5, 0.6) is 0 Å². The molecule has 0 saturated heterocycles. The summed E-state index contributed by atoms with van der Waals surface area (Å²) in [4.78, 5) is 9.47. The first-order chi connectivity index (χ1) is 3.27. The molecule has 0 radical (unpaired) electrons. The largest absolute Gasteiger partial charge is 0.366 e. The van der Waals surface area contributed by atoms with E-state index in [2.05, 4.69) is 25.2 Å². The quantitative estimate of drug-likeness (QED) is 0.360. The maximum atomic E-state index is 9.47. The predicted molar refractivity (Wildman–Crippen MR) is 29.3 cm³/mol. The van der Waals surface area contributed by atoms with Crippen LogP contribution < -0.4 is 5.73 Å². The molecule has 7 heavy (non-hydrogen) atoms. The molecule has 0 aromatic carbocycles. The molecule has 0 fully saturated rings. The van der Waals surface area contributed by atoms with Crippen molar-refractivity contribution in [2.24, 2.45) is 5.73 Å². The van der Waals surface area contributed by atoms with E-state index in [1.807, 2.05) is 0 Å². The number of carbonyl (C=O) groups excluding carboxylic acids is 1. The summed E-state index contributed by atoms with van der Waals surface area (Å²) < 4.78 is 0. The van der Waals surface area contributed by atoms with E-state index in [9.17, 15) is 4.79 Å². The number of terminal acetylenes is 1. The van der Waals surface area contributed by atoms with E-state index in [0.717, 1.165) is 6.08 Å². The van der Waals surface area contributed by atoms with Gasteiger partial charge >= 0.3 is 0 Å². The molecule has 0 bridgehead atoms. The fourth-order valence-electron chi connectivity index (χ4n) is 0. The molecule has 0 saturated carbocycles. The number of hydrogen-bond acceptors (Lipinski definition) is 1. The van der Waals surface area contributed by atoms with Gasteiger partial charge in [0.15, 0.2) is 0 Å². The maximum absolute atomic E-state index is 9.47. The van der Waals surface area contributed by atoms with Gasteiger partial charge in [-0.2, -0.15) is 0 Å². The first kappa shape index (κ1) is 9.24. The van der Waals surface area contributed by atoms with Crippen molar-refractivity contribution in [1.82, 2.24) is 0 Å². The second-order valence-corrected chi connectivity index (χ2v) is 0.606. The molecule has 0 aliphatic heterocycles. The van der Waals surface area contributed by atoms with Crippen LogP contribution >= 0.6 is 0 Å². The van der Waals surface area contributed by atoms with Crippen molar-refractivity contribution in [3.63, 3.8) is 0 Å². The van der Waals surface area contributed by atoms with Gasteiger partial charge < -0.3 is 5.73 Å². The minimum absolute atomic E-state index is 0.481. The molecule has 0 heterocycles. The highest BCUT2D eigenvalue weighted by molar-refractivity contribution is 5.84. The monoisotopic (exact) mass is 97.1 g/mol. The molecule has 2 N–H and O–H groups in total. The molecule has 2 nitrogen and oxygen atoms in total. The third kappa shape index (κ3) is 61.7. The minimum atomic E-state index is -0.481. The topological polar surface area (TPSA) is 43.1 Å². The Bertz CT molecular complexity index is 83.3. The van der Waals surface area contributed by atoms with Gasteiger partial charge in [-0.05, 0) is 6.08 Å². The summed E-state index contributed by atoms with van der Waals surface area (Å²) in [6.07, 6.45) is 9.06. The van der Waals surface area contributed by atoms with Gasteiger partial charge in [0.05, 0.1) is 0 Å². The normalized spacial score (nSPS) is 4.86. The summed E-state index contributed by atoms with van der Waals surface area (Å²) in [5.41, 5.74) is 4.53. The highest BCUT2D eigenvalue weighted by Gasteiger charge is 1.69. The van der Waals surface area contributed by atoms with Crippen molar-refractivity contribution in [3.05, 3.63) is 12.7 Å².